The number of hydrogen-bond acceptors (Lipinski definition) is 5. The van der Waals surface area contributed by atoms with Gasteiger partial charge in [-0.2, -0.15) is 0 Å². The normalized spacial score (nSPS) is 18.9. The molecule has 1 unspecified atom stereocenters. The van der Waals surface area contributed by atoms with Crippen molar-refractivity contribution in [2.45, 2.75) is 25.9 Å². The Morgan fingerprint density at radius 3 is 3.00 bits per heavy atom. The highest BCUT2D eigenvalue weighted by molar-refractivity contribution is 5.37. The van der Waals surface area contributed by atoms with Gasteiger partial charge in [-0.3, -0.25) is 9.88 Å². The van der Waals surface area contributed by atoms with E-state index < -0.39 is 0 Å². The van der Waals surface area contributed by atoms with Gasteiger partial charge >= 0.3 is 0 Å². The second-order valence-electron chi connectivity index (χ2n) is 5.73. The lowest BCUT2D eigenvalue weighted by Gasteiger charge is -2.25. The Morgan fingerprint density at radius 2 is 2.24 bits per heavy atom. The smallest absolute Gasteiger partial charge is 0.131 e. The molecule has 2 aromatic rings. The van der Waals surface area contributed by atoms with Gasteiger partial charge in [0, 0.05) is 51.3 Å². The van der Waals surface area contributed by atoms with Gasteiger partial charge in [0.05, 0.1) is 0 Å². The standard InChI is InChI=1S/C16H21N5/c1-13-7-14(9-18-8-13)10-21-6-4-15(11-21)20(2)16-3-5-17-12-19-16/h3,5,7-9,12,15H,4,6,10-11H2,1-2H3. The summed E-state index contributed by atoms with van der Waals surface area (Å²) in [7, 11) is 2.12. The molecule has 1 saturated heterocycles. The Kier molecular flexibility index (Phi) is 4.10. The molecular weight excluding hydrogens is 262 g/mol. The van der Waals surface area contributed by atoms with Crippen LogP contribution in [0.4, 0.5) is 5.82 Å². The number of pyridine rings is 1. The first-order chi connectivity index (χ1) is 10.2. The van der Waals surface area contributed by atoms with Gasteiger partial charge in [-0.05, 0) is 30.5 Å². The largest absolute Gasteiger partial charge is 0.355 e. The van der Waals surface area contributed by atoms with E-state index in [4.69, 9.17) is 0 Å². The third-order valence-corrected chi connectivity index (χ3v) is 4.06. The van der Waals surface area contributed by atoms with E-state index in [0.717, 1.165) is 25.5 Å². The Labute approximate surface area is 125 Å². The quantitative estimate of drug-likeness (QED) is 0.857. The molecule has 5 nitrogen and oxygen atoms in total. The second-order valence-corrected chi connectivity index (χ2v) is 5.73. The molecule has 3 rings (SSSR count). The van der Waals surface area contributed by atoms with Gasteiger partial charge in [0.15, 0.2) is 0 Å². The van der Waals surface area contributed by atoms with Crippen LogP contribution in [0.3, 0.4) is 0 Å². The van der Waals surface area contributed by atoms with E-state index >= 15 is 0 Å². The molecule has 5 heteroatoms. The number of hydrogen-bond donors (Lipinski definition) is 0. The van der Waals surface area contributed by atoms with Crippen LogP contribution in [0.5, 0.6) is 0 Å². The van der Waals surface area contributed by atoms with Crippen LogP contribution in [0, 0.1) is 6.92 Å². The van der Waals surface area contributed by atoms with Crippen LogP contribution < -0.4 is 4.90 Å². The zero-order chi connectivity index (χ0) is 14.7. The molecule has 0 aliphatic carbocycles. The Balaban J connectivity index is 1.60. The predicted octanol–water partition coefficient (Wildman–Crippen LogP) is 1.89. The summed E-state index contributed by atoms with van der Waals surface area (Å²) in [5.41, 5.74) is 2.52. The summed E-state index contributed by atoms with van der Waals surface area (Å²) in [5.74, 6) is 0.995. The summed E-state index contributed by atoms with van der Waals surface area (Å²) in [4.78, 5) is 17.3. The van der Waals surface area contributed by atoms with E-state index in [-0.39, 0.29) is 0 Å². The molecule has 0 amide bonds. The van der Waals surface area contributed by atoms with Gasteiger partial charge in [-0.25, -0.2) is 9.97 Å². The van der Waals surface area contributed by atoms with Crippen LogP contribution in [0.15, 0.2) is 37.1 Å². The van der Waals surface area contributed by atoms with Gasteiger partial charge in [0.25, 0.3) is 0 Å². The van der Waals surface area contributed by atoms with E-state index in [2.05, 4.69) is 44.8 Å². The molecule has 3 heterocycles. The molecule has 0 bridgehead atoms. The van der Waals surface area contributed by atoms with E-state index in [1.165, 1.54) is 17.5 Å². The van der Waals surface area contributed by atoms with Crippen molar-refractivity contribution in [3.05, 3.63) is 48.2 Å². The van der Waals surface area contributed by atoms with Crippen LogP contribution >= 0.6 is 0 Å². The fourth-order valence-corrected chi connectivity index (χ4v) is 2.91. The SMILES string of the molecule is Cc1cncc(CN2CCC(N(C)c3ccncn3)C2)c1. The highest BCUT2D eigenvalue weighted by Crippen LogP contribution is 2.20. The highest BCUT2D eigenvalue weighted by atomic mass is 15.3. The average Bonchev–Trinajstić information content (AvgIpc) is 2.96. The molecule has 1 fully saturated rings. The molecule has 0 spiro atoms. The molecule has 21 heavy (non-hydrogen) atoms. The number of likely N-dealkylation sites (tertiary alicyclic amines) is 1. The van der Waals surface area contributed by atoms with Gasteiger partial charge in [0.2, 0.25) is 0 Å². The lowest BCUT2D eigenvalue weighted by molar-refractivity contribution is 0.325. The number of aromatic nitrogens is 3. The van der Waals surface area contributed by atoms with E-state index in [1.807, 2.05) is 18.5 Å². The van der Waals surface area contributed by atoms with Crippen molar-refractivity contribution in [2.75, 3.05) is 25.0 Å². The van der Waals surface area contributed by atoms with Gasteiger partial charge in [-0.1, -0.05) is 6.07 Å². The van der Waals surface area contributed by atoms with Crippen LogP contribution in [0.2, 0.25) is 0 Å². The summed E-state index contributed by atoms with van der Waals surface area (Å²) in [6, 6.07) is 4.69. The molecule has 1 aliphatic heterocycles. The van der Waals surface area contributed by atoms with Crippen molar-refractivity contribution in [3.63, 3.8) is 0 Å². The number of aryl methyl sites for hydroxylation is 1. The lowest BCUT2D eigenvalue weighted by Crippen LogP contribution is -2.34. The Bertz CT molecular complexity index is 586. The molecule has 0 aromatic carbocycles. The molecule has 110 valence electrons. The monoisotopic (exact) mass is 283 g/mol. The van der Waals surface area contributed by atoms with Crippen molar-refractivity contribution in [1.82, 2.24) is 19.9 Å². The van der Waals surface area contributed by atoms with Crippen LogP contribution in [-0.4, -0.2) is 46.0 Å². The molecule has 0 radical (unpaired) electrons. The molecule has 2 aromatic heterocycles. The van der Waals surface area contributed by atoms with Crippen LogP contribution in [0.1, 0.15) is 17.5 Å². The summed E-state index contributed by atoms with van der Waals surface area (Å²) < 4.78 is 0. The Hall–Kier alpha value is -2.01. The zero-order valence-electron chi connectivity index (χ0n) is 12.6. The molecule has 0 N–H and O–H groups in total. The molecule has 0 saturated carbocycles. The third-order valence-electron chi connectivity index (χ3n) is 4.06. The van der Waals surface area contributed by atoms with Crippen LogP contribution in [-0.2, 0) is 6.54 Å². The van der Waals surface area contributed by atoms with E-state index in [0.29, 0.717) is 6.04 Å². The fraction of sp³-hybridized carbons (Fsp3) is 0.438. The van der Waals surface area contributed by atoms with Gasteiger partial charge in [0.1, 0.15) is 12.1 Å². The molecule has 1 atom stereocenters. The number of anilines is 1. The van der Waals surface area contributed by atoms with Crippen molar-refractivity contribution in [1.29, 1.82) is 0 Å². The van der Waals surface area contributed by atoms with Gasteiger partial charge < -0.3 is 4.90 Å². The summed E-state index contributed by atoms with van der Waals surface area (Å²) in [6.45, 7) is 5.25. The Morgan fingerprint density at radius 1 is 1.33 bits per heavy atom. The number of nitrogens with zero attached hydrogens (tertiary/aromatic N) is 5. The topological polar surface area (TPSA) is 45.2 Å². The highest BCUT2D eigenvalue weighted by Gasteiger charge is 2.26. The van der Waals surface area contributed by atoms with Crippen molar-refractivity contribution in [3.8, 4) is 0 Å². The van der Waals surface area contributed by atoms with Crippen molar-refractivity contribution >= 4 is 5.82 Å². The third kappa shape index (κ3) is 3.36. The zero-order valence-corrected chi connectivity index (χ0v) is 12.6. The first-order valence-electron chi connectivity index (χ1n) is 7.34. The maximum Gasteiger partial charge on any atom is 0.131 e. The minimum absolute atomic E-state index is 0.512. The van der Waals surface area contributed by atoms with E-state index in [1.54, 1.807) is 12.5 Å². The van der Waals surface area contributed by atoms with Crippen LogP contribution in [0.25, 0.3) is 0 Å². The summed E-state index contributed by atoms with van der Waals surface area (Å²) >= 11 is 0. The van der Waals surface area contributed by atoms with Gasteiger partial charge in [-0.15, -0.1) is 0 Å². The first kappa shape index (κ1) is 13.9. The minimum atomic E-state index is 0.512. The summed E-state index contributed by atoms with van der Waals surface area (Å²) in [5, 5.41) is 0. The van der Waals surface area contributed by atoms with Crippen molar-refractivity contribution in [2.24, 2.45) is 0 Å². The molecular formula is C16H21N5. The average molecular weight is 283 g/mol. The lowest BCUT2D eigenvalue weighted by atomic mass is 10.2. The molecule has 1 aliphatic rings. The number of likely N-dealkylation sites (N-methyl/N-ethyl adjacent to an activating group) is 1. The first-order valence-corrected chi connectivity index (χ1v) is 7.34. The predicted molar refractivity (Wildman–Crippen MR) is 83.1 cm³/mol. The fourth-order valence-electron chi connectivity index (χ4n) is 2.91. The maximum absolute atomic E-state index is 4.33. The summed E-state index contributed by atoms with van der Waals surface area (Å²) in [6.07, 6.45) is 8.44. The second kappa shape index (κ2) is 6.18. The van der Waals surface area contributed by atoms with E-state index in [9.17, 15) is 0 Å². The van der Waals surface area contributed by atoms with Crippen molar-refractivity contribution < 1.29 is 0 Å². The minimum Gasteiger partial charge on any atom is -0.355 e. The maximum atomic E-state index is 4.33. The number of rotatable bonds is 4.